The van der Waals surface area contributed by atoms with Crippen LogP contribution >= 0.6 is 0 Å². The van der Waals surface area contributed by atoms with Crippen molar-refractivity contribution in [3.8, 4) is 78.6 Å². The number of aryl methyl sites for hydroxylation is 1. The Morgan fingerprint density at radius 2 is 1.11 bits per heavy atom. The fraction of sp³-hybridized carbons (Fsp3) is 0.213. The van der Waals surface area contributed by atoms with Crippen LogP contribution < -0.4 is 0 Å². The number of aromatic hydroxyl groups is 1. The molecule has 0 aliphatic carbocycles. The molecule has 7 aromatic carbocycles. The molecule has 0 unspecified atom stereocenters. The number of imidazole rings is 1. The van der Waals surface area contributed by atoms with E-state index in [4.69, 9.17) is 34.6 Å². The standard InChI is InChI=1S/C61H59N3O/c1-39-24-26-42(27-25-39)44-30-31-62-53(36-44)47-33-45(41-20-15-12-16-21-41)32-46(34-47)49-22-17-23-55-56(49)63-58(50-37-48(59(2,3)4)38-52(57(50)65)61(8,9)10)64(55)54-29-28-43(35-51(54)60(5,6)7)40-18-13-11-14-19-40/h11-38,65H,1-10H3/i2D3,3D3,4D3,8D3,9D3,10D3. The molecular weight excluding hydrogens is 791 g/mol. The number of hydrogen-bond donors (Lipinski definition) is 1. The Kier molecular flexibility index (Phi) is 6.77. The van der Waals surface area contributed by atoms with Gasteiger partial charge in [-0.1, -0.05) is 177 Å². The lowest BCUT2D eigenvalue weighted by Crippen LogP contribution is -2.18. The maximum Gasteiger partial charge on any atom is 0.149 e. The Morgan fingerprint density at radius 3 is 1.78 bits per heavy atom. The first-order valence-electron chi connectivity index (χ1n) is 30.3. The van der Waals surface area contributed by atoms with Crippen molar-refractivity contribution < 1.29 is 29.8 Å². The van der Waals surface area contributed by atoms with Crippen LogP contribution in [0.4, 0.5) is 0 Å². The molecule has 0 amide bonds. The van der Waals surface area contributed by atoms with Crippen LogP contribution in [0.15, 0.2) is 170 Å². The van der Waals surface area contributed by atoms with Crippen molar-refractivity contribution in [2.45, 2.75) is 85.1 Å². The highest BCUT2D eigenvalue weighted by molar-refractivity contribution is 5.98. The maximum atomic E-state index is 13.1. The summed E-state index contributed by atoms with van der Waals surface area (Å²) in [5.74, 6) is -1.75. The van der Waals surface area contributed by atoms with Gasteiger partial charge < -0.3 is 5.11 Å². The number of phenolic OH excluding ortho intramolecular Hbond substituents is 1. The molecule has 0 fully saturated rings. The molecule has 4 nitrogen and oxygen atoms in total. The van der Waals surface area contributed by atoms with E-state index in [-0.39, 0.29) is 11.0 Å². The van der Waals surface area contributed by atoms with Gasteiger partial charge in [-0.3, -0.25) is 9.55 Å². The third kappa shape index (κ3) is 8.54. The van der Waals surface area contributed by atoms with Gasteiger partial charge in [-0.2, -0.15) is 0 Å². The lowest BCUT2D eigenvalue weighted by molar-refractivity contribution is 0.446. The van der Waals surface area contributed by atoms with Gasteiger partial charge in [0.15, 0.2) is 0 Å². The Hall–Kier alpha value is -7.04. The normalized spacial score (nSPS) is 17.5. The van der Waals surface area contributed by atoms with Crippen molar-refractivity contribution >= 4 is 11.0 Å². The SMILES string of the molecule is [2H]C([2H])([2H])C(c1cc(-c2nc3c(-c4cc(-c5ccccc5)cc(-c5cc(-c6ccc(C)cc6)ccn5)c4)cccc3n2-c2ccc(-c3ccccc3)cc2C(C)(C)C)c(O)c(C(C([2H])([2H])[2H])(C([2H])([2H])[2H])C([2H])([2H])[2H])c1)(C([2H])([2H])[2H])C([2H])([2H])[2H]. The van der Waals surface area contributed by atoms with Gasteiger partial charge in [0.25, 0.3) is 0 Å². The molecule has 9 aromatic rings. The third-order valence-corrected chi connectivity index (χ3v) is 11.8. The summed E-state index contributed by atoms with van der Waals surface area (Å²) in [7, 11) is 0. The zero-order chi connectivity index (χ0) is 60.8. The molecule has 2 heterocycles. The predicted octanol–water partition coefficient (Wildman–Crippen LogP) is 16.3. The van der Waals surface area contributed by atoms with E-state index in [1.807, 2.05) is 155 Å². The van der Waals surface area contributed by atoms with Gasteiger partial charge in [0.05, 0.1) is 28.0 Å². The molecule has 9 rings (SSSR count). The summed E-state index contributed by atoms with van der Waals surface area (Å²) in [6, 6.07) is 48.7. The van der Waals surface area contributed by atoms with E-state index in [1.54, 1.807) is 35.0 Å². The molecule has 4 heteroatoms. The smallest absolute Gasteiger partial charge is 0.149 e. The molecule has 0 saturated carbocycles. The van der Waals surface area contributed by atoms with Gasteiger partial charge in [-0.05, 0) is 128 Å². The van der Waals surface area contributed by atoms with Crippen molar-refractivity contribution in [3.63, 3.8) is 0 Å². The van der Waals surface area contributed by atoms with Crippen LogP contribution in [0, 0.1) is 6.92 Å². The predicted molar refractivity (Wildman–Crippen MR) is 274 cm³/mol. The number of benzene rings is 7. The van der Waals surface area contributed by atoms with Gasteiger partial charge in [0.1, 0.15) is 11.6 Å². The highest BCUT2D eigenvalue weighted by atomic mass is 16.3. The zero-order valence-electron chi connectivity index (χ0n) is 54.5. The zero-order valence-corrected chi connectivity index (χ0v) is 36.5. The van der Waals surface area contributed by atoms with E-state index in [2.05, 4.69) is 0 Å². The Balaban J connectivity index is 1.49. The van der Waals surface area contributed by atoms with E-state index in [9.17, 15) is 5.11 Å². The number of pyridine rings is 1. The van der Waals surface area contributed by atoms with E-state index in [1.165, 1.54) is 0 Å². The molecule has 1 N–H and O–H groups in total. The van der Waals surface area contributed by atoms with Crippen molar-refractivity contribution in [2.24, 2.45) is 0 Å². The van der Waals surface area contributed by atoms with Crippen LogP contribution in [-0.4, -0.2) is 19.6 Å². The number of phenols is 1. The summed E-state index contributed by atoms with van der Waals surface area (Å²) in [6.07, 6.45) is 1.72. The average molecular weight is 868 g/mol. The number of rotatable bonds is 7. The fourth-order valence-electron chi connectivity index (χ4n) is 8.45. The molecule has 2 aromatic heterocycles. The van der Waals surface area contributed by atoms with Crippen molar-refractivity contribution in [1.82, 2.24) is 14.5 Å². The van der Waals surface area contributed by atoms with Crippen LogP contribution in [0.25, 0.3) is 83.9 Å². The van der Waals surface area contributed by atoms with E-state index < -0.39 is 85.6 Å². The third-order valence-electron chi connectivity index (χ3n) is 11.8. The van der Waals surface area contributed by atoms with Gasteiger partial charge in [-0.25, -0.2) is 4.98 Å². The largest absolute Gasteiger partial charge is 0.507 e. The number of hydrogen-bond acceptors (Lipinski definition) is 3. The monoisotopic (exact) mass is 868 g/mol. The Labute approximate surface area is 410 Å². The fourth-order valence-corrected chi connectivity index (χ4v) is 8.45. The molecule has 0 atom stereocenters. The Morgan fingerprint density at radius 1 is 0.492 bits per heavy atom. The summed E-state index contributed by atoms with van der Waals surface area (Å²) in [6.45, 7) is -16.7. The summed E-state index contributed by atoms with van der Waals surface area (Å²) in [5, 5.41) is 13.1. The first-order chi connectivity index (χ1) is 38.4. The second-order valence-electron chi connectivity index (χ2n) is 17.7. The molecule has 0 aliphatic heterocycles. The van der Waals surface area contributed by atoms with Gasteiger partial charge in [0, 0.05) is 47.6 Å². The topological polar surface area (TPSA) is 50.9 Å². The molecule has 65 heavy (non-hydrogen) atoms. The average Bonchev–Trinajstić information content (AvgIpc) is 2.50. The number of nitrogens with zero attached hydrogens (tertiary/aromatic N) is 3. The van der Waals surface area contributed by atoms with Crippen LogP contribution in [-0.2, 0) is 16.2 Å². The molecule has 0 aliphatic rings. The highest BCUT2D eigenvalue weighted by Crippen LogP contribution is 2.46. The summed E-state index contributed by atoms with van der Waals surface area (Å²) < 4.78 is 160. The first-order valence-corrected chi connectivity index (χ1v) is 21.3. The van der Waals surface area contributed by atoms with Crippen molar-refractivity contribution in [2.75, 3.05) is 0 Å². The quantitative estimate of drug-likeness (QED) is 0.174. The summed E-state index contributed by atoms with van der Waals surface area (Å²) in [5.41, 5.74) is -2.36. The molecule has 0 saturated heterocycles. The second-order valence-corrected chi connectivity index (χ2v) is 17.7. The van der Waals surface area contributed by atoms with Crippen molar-refractivity contribution in [3.05, 3.63) is 192 Å². The Bertz CT molecular complexity index is 3810. The van der Waals surface area contributed by atoms with Crippen LogP contribution in [0.2, 0.25) is 0 Å². The lowest BCUT2D eigenvalue weighted by atomic mass is 9.78. The molecular formula is C61H59N3O. The van der Waals surface area contributed by atoms with Crippen LogP contribution in [0.3, 0.4) is 0 Å². The van der Waals surface area contributed by atoms with Crippen molar-refractivity contribution in [1.29, 1.82) is 0 Å². The molecule has 324 valence electrons. The maximum absolute atomic E-state index is 13.1. The molecule has 0 radical (unpaired) electrons. The highest BCUT2D eigenvalue weighted by Gasteiger charge is 2.30. The second kappa shape index (κ2) is 16.5. The summed E-state index contributed by atoms with van der Waals surface area (Å²) in [4.78, 5) is 10.1. The number of fused-ring (bicyclic) bond motifs is 1. The number of para-hydroxylation sites is 1. The van der Waals surface area contributed by atoms with Crippen LogP contribution in [0.1, 0.15) is 109 Å². The first kappa shape index (κ1) is 26.7. The van der Waals surface area contributed by atoms with E-state index in [0.29, 0.717) is 39.7 Å². The van der Waals surface area contributed by atoms with Gasteiger partial charge >= 0.3 is 0 Å². The minimum Gasteiger partial charge on any atom is -0.507 e. The molecule has 0 spiro atoms. The number of aromatic nitrogens is 3. The van der Waals surface area contributed by atoms with E-state index in [0.717, 1.165) is 45.0 Å². The van der Waals surface area contributed by atoms with Gasteiger partial charge in [0.2, 0.25) is 0 Å². The minimum atomic E-state index is -4.14. The minimum absolute atomic E-state index is 0.181. The van der Waals surface area contributed by atoms with E-state index >= 15 is 0 Å². The summed E-state index contributed by atoms with van der Waals surface area (Å²) >= 11 is 0. The molecule has 0 bridgehead atoms. The lowest BCUT2D eigenvalue weighted by Gasteiger charge is -2.28. The van der Waals surface area contributed by atoms with Gasteiger partial charge in [-0.15, -0.1) is 0 Å². The van der Waals surface area contributed by atoms with Crippen LogP contribution in [0.5, 0.6) is 5.75 Å².